The molecule has 0 aromatic rings. The van der Waals surface area contributed by atoms with E-state index in [9.17, 15) is 24.0 Å². The fraction of sp³-hybridized carbons (Fsp3) is 0.688. The average molecular weight is 371 g/mol. The average Bonchev–Trinajstić information content (AvgIpc) is 2.58. The molecule has 5 N–H and O–H groups in total. The molecule has 0 aromatic heterocycles. The number of carbonyl (C=O) groups excluding carboxylic acids is 5. The highest BCUT2D eigenvalue weighted by atomic mass is 16.2. The number of rotatable bonds is 12. The Morgan fingerprint density at radius 1 is 0.577 bits per heavy atom. The molecule has 0 spiro atoms. The van der Waals surface area contributed by atoms with Gasteiger partial charge in [0.25, 0.3) is 0 Å². The first-order chi connectivity index (χ1) is 12.1. The molecule has 0 aliphatic rings. The number of amides is 4. The third kappa shape index (κ3) is 12.9. The highest BCUT2D eigenvalue weighted by Crippen LogP contribution is 1.91. The van der Waals surface area contributed by atoms with Gasteiger partial charge in [-0.25, -0.2) is 0 Å². The van der Waals surface area contributed by atoms with Crippen LogP contribution < -0.4 is 26.6 Å². The van der Waals surface area contributed by atoms with Gasteiger partial charge in [0.2, 0.25) is 23.6 Å². The van der Waals surface area contributed by atoms with E-state index in [1.165, 1.54) is 0 Å². The van der Waals surface area contributed by atoms with Crippen LogP contribution in [-0.4, -0.2) is 68.2 Å². The maximum absolute atomic E-state index is 11.5. The lowest BCUT2D eigenvalue weighted by molar-refractivity contribution is -0.129. The first-order valence-electron chi connectivity index (χ1n) is 8.44. The van der Waals surface area contributed by atoms with Crippen LogP contribution in [0.2, 0.25) is 0 Å². The quantitative estimate of drug-likeness (QED) is 0.260. The Labute approximate surface area is 153 Å². The number of ketones is 1. The van der Waals surface area contributed by atoms with Crippen LogP contribution in [-0.2, 0) is 24.0 Å². The number of Topliss-reactive ketones (excluding diaryl/α,β-unsaturated/α-hetero) is 1. The van der Waals surface area contributed by atoms with Crippen molar-refractivity contribution in [3.05, 3.63) is 0 Å². The molecule has 0 rings (SSSR count). The summed E-state index contributed by atoms with van der Waals surface area (Å²) in [5.74, 6) is -2.19. The van der Waals surface area contributed by atoms with Crippen molar-refractivity contribution < 1.29 is 24.0 Å². The predicted molar refractivity (Wildman–Crippen MR) is 95.0 cm³/mol. The Kier molecular flexibility index (Phi) is 11.6. The fourth-order valence-corrected chi connectivity index (χ4v) is 1.47. The zero-order valence-electron chi connectivity index (χ0n) is 15.7. The van der Waals surface area contributed by atoms with Crippen molar-refractivity contribution in [2.45, 2.75) is 33.7 Å². The van der Waals surface area contributed by atoms with E-state index in [1.54, 1.807) is 13.8 Å². The Hall–Kier alpha value is -2.49. The predicted octanol–water partition coefficient (Wildman–Crippen LogP) is -2.33. The molecule has 0 heterocycles. The second-order valence-electron chi connectivity index (χ2n) is 6.26. The number of hydrogen-bond donors (Lipinski definition) is 5. The third-order valence-electron chi connectivity index (χ3n) is 3.11. The lowest BCUT2D eigenvalue weighted by atomic mass is 10.1. The van der Waals surface area contributed by atoms with Gasteiger partial charge in [0, 0.05) is 12.0 Å². The molecular weight excluding hydrogens is 342 g/mol. The van der Waals surface area contributed by atoms with Gasteiger partial charge in [0.15, 0.2) is 5.78 Å². The molecule has 148 valence electrons. The lowest BCUT2D eigenvalue weighted by Gasteiger charge is -2.10. The van der Waals surface area contributed by atoms with Gasteiger partial charge < -0.3 is 26.6 Å². The molecule has 0 saturated heterocycles. The smallest absolute Gasteiger partial charge is 0.239 e. The van der Waals surface area contributed by atoms with Crippen molar-refractivity contribution in [3.63, 3.8) is 0 Å². The molecule has 10 nitrogen and oxygen atoms in total. The standard InChI is InChI=1S/C16H29N5O5/c1-10(2)12(22)5-18-14(24)7-20-16(26)9-21-15(25)8-19-13(23)6-17-11(3)4/h10-11,17H,5-9H2,1-4H3,(H,18,24)(H,19,23)(H,20,26)(H,21,25). The summed E-state index contributed by atoms with van der Waals surface area (Å²) < 4.78 is 0. The van der Waals surface area contributed by atoms with Crippen molar-refractivity contribution in [1.82, 2.24) is 26.6 Å². The van der Waals surface area contributed by atoms with Crippen LogP contribution in [0, 0.1) is 5.92 Å². The molecular formula is C16H29N5O5. The highest BCUT2D eigenvalue weighted by molar-refractivity contribution is 5.91. The molecule has 0 bridgehead atoms. The monoisotopic (exact) mass is 371 g/mol. The zero-order chi connectivity index (χ0) is 20.1. The van der Waals surface area contributed by atoms with Crippen molar-refractivity contribution >= 4 is 29.4 Å². The van der Waals surface area contributed by atoms with Gasteiger partial charge in [-0.1, -0.05) is 27.7 Å². The van der Waals surface area contributed by atoms with E-state index in [-0.39, 0.29) is 56.4 Å². The zero-order valence-corrected chi connectivity index (χ0v) is 15.7. The van der Waals surface area contributed by atoms with Gasteiger partial charge in [0.1, 0.15) is 0 Å². The van der Waals surface area contributed by atoms with Crippen LogP contribution in [0.25, 0.3) is 0 Å². The number of carbonyl (C=O) groups is 5. The van der Waals surface area contributed by atoms with Crippen LogP contribution in [0.3, 0.4) is 0 Å². The molecule has 0 saturated carbocycles. The number of nitrogens with one attached hydrogen (secondary N) is 5. The van der Waals surface area contributed by atoms with E-state index < -0.39 is 17.7 Å². The topological polar surface area (TPSA) is 146 Å². The maximum atomic E-state index is 11.5. The minimum atomic E-state index is -0.559. The third-order valence-corrected chi connectivity index (χ3v) is 3.11. The summed E-state index contributed by atoms with van der Waals surface area (Å²) in [6.07, 6.45) is 0. The molecule has 0 aromatic carbocycles. The molecule has 0 atom stereocenters. The Balaban J connectivity index is 3.84. The Morgan fingerprint density at radius 3 is 1.27 bits per heavy atom. The minimum Gasteiger partial charge on any atom is -0.347 e. The molecule has 26 heavy (non-hydrogen) atoms. The van der Waals surface area contributed by atoms with E-state index >= 15 is 0 Å². The van der Waals surface area contributed by atoms with Crippen molar-refractivity contribution in [2.75, 3.05) is 32.7 Å². The van der Waals surface area contributed by atoms with Crippen molar-refractivity contribution in [2.24, 2.45) is 5.92 Å². The minimum absolute atomic E-state index is 0.0888. The van der Waals surface area contributed by atoms with E-state index in [1.807, 2.05) is 13.8 Å². The van der Waals surface area contributed by atoms with Crippen LogP contribution in [0.1, 0.15) is 27.7 Å². The van der Waals surface area contributed by atoms with Gasteiger partial charge in [0.05, 0.1) is 32.7 Å². The maximum Gasteiger partial charge on any atom is 0.239 e. The van der Waals surface area contributed by atoms with Crippen molar-refractivity contribution in [1.29, 1.82) is 0 Å². The molecule has 0 aliphatic carbocycles. The van der Waals surface area contributed by atoms with E-state index in [0.29, 0.717) is 0 Å². The van der Waals surface area contributed by atoms with Gasteiger partial charge >= 0.3 is 0 Å². The largest absolute Gasteiger partial charge is 0.347 e. The van der Waals surface area contributed by atoms with E-state index in [4.69, 9.17) is 0 Å². The van der Waals surface area contributed by atoms with Crippen LogP contribution in [0.5, 0.6) is 0 Å². The lowest BCUT2D eigenvalue weighted by Crippen LogP contribution is -2.46. The van der Waals surface area contributed by atoms with Crippen molar-refractivity contribution in [3.8, 4) is 0 Å². The highest BCUT2D eigenvalue weighted by Gasteiger charge is 2.11. The SMILES string of the molecule is CC(C)NCC(=O)NCC(=O)NCC(=O)NCC(=O)NCC(=O)C(C)C. The molecule has 0 fully saturated rings. The molecule has 0 unspecified atom stereocenters. The van der Waals surface area contributed by atoms with E-state index in [0.717, 1.165) is 0 Å². The fourth-order valence-electron chi connectivity index (χ4n) is 1.47. The first-order valence-corrected chi connectivity index (χ1v) is 8.44. The summed E-state index contributed by atoms with van der Waals surface area (Å²) in [6.45, 7) is 6.37. The summed E-state index contributed by atoms with van der Waals surface area (Å²) in [5.41, 5.74) is 0. The number of hydrogen-bond acceptors (Lipinski definition) is 6. The van der Waals surface area contributed by atoms with Crippen LogP contribution in [0.4, 0.5) is 0 Å². The summed E-state index contributed by atoms with van der Waals surface area (Å²) in [4.78, 5) is 57.3. The second kappa shape index (κ2) is 12.8. The van der Waals surface area contributed by atoms with E-state index in [2.05, 4.69) is 26.6 Å². The summed E-state index contributed by atoms with van der Waals surface area (Å²) >= 11 is 0. The summed E-state index contributed by atoms with van der Waals surface area (Å²) in [5, 5.41) is 12.3. The molecule has 0 aliphatic heterocycles. The molecule has 0 radical (unpaired) electrons. The molecule has 10 heteroatoms. The summed E-state index contributed by atoms with van der Waals surface area (Å²) in [7, 11) is 0. The van der Waals surface area contributed by atoms with Gasteiger partial charge in [-0.05, 0) is 0 Å². The second-order valence-corrected chi connectivity index (χ2v) is 6.26. The first kappa shape index (κ1) is 23.5. The van der Waals surface area contributed by atoms with Crippen LogP contribution in [0.15, 0.2) is 0 Å². The summed E-state index contributed by atoms with van der Waals surface area (Å²) in [6, 6.07) is 0.152. The normalized spacial score (nSPS) is 10.4. The Bertz CT molecular complexity index is 519. The van der Waals surface area contributed by atoms with Gasteiger partial charge in [-0.3, -0.25) is 24.0 Å². The Morgan fingerprint density at radius 2 is 0.923 bits per heavy atom. The van der Waals surface area contributed by atoms with Gasteiger partial charge in [-0.2, -0.15) is 0 Å². The van der Waals surface area contributed by atoms with Gasteiger partial charge in [-0.15, -0.1) is 0 Å². The van der Waals surface area contributed by atoms with Crippen LogP contribution >= 0.6 is 0 Å². The molecule has 4 amide bonds.